The molecule has 1 nitrogen and oxygen atoms in total. The van der Waals surface area contributed by atoms with Gasteiger partial charge in [0.15, 0.2) is 0 Å². The van der Waals surface area contributed by atoms with Gasteiger partial charge in [0, 0.05) is 18.1 Å². The molecule has 1 saturated carbocycles. The predicted molar refractivity (Wildman–Crippen MR) is 83.5 cm³/mol. The maximum atomic E-state index is 13.0. The lowest BCUT2D eigenvalue weighted by atomic mass is 9.78. The molecule has 112 valence electrons. The van der Waals surface area contributed by atoms with Gasteiger partial charge in [-0.1, -0.05) is 44.4 Å². The van der Waals surface area contributed by atoms with Crippen LogP contribution in [0.1, 0.15) is 51.5 Å². The molecule has 1 aromatic rings. The molecule has 0 aliphatic heterocycles. The van der Waals surface area contributed by atoms with Crippen molar-refractivity contribution in [3.8, 4) is 0 Å². The van der Waals surface area contributed by atoms with Crippen LogP contribution in [0.2, 0.25) is 5.02 Å². The molecule has 20 heavy (non-hydrogen) atoms. The van der Waals surface area contributed by atoms with Crippen LogP contribution in [0, 0.1) is 17.2 Å². The van der Waals surface area contributed by atoms with E-state index in [-0.39, 0.29) is 5.82 Å². The Morgan fingerprint density at radius 2 is 2.00 bits per heavy atom. The molecule has 1 fully saturated rings. The van der Waals surface area contributed by atoms with Crippen molar-refractivity contribution in [2.75, 3.05) is 6.54 Å². The maximum absolute atomic E-state index is 13.0. The Kier molecular flexibility index (Phi) is 5.45. The summed E-state index contributed by atoms with van der Waals surface area (Å²) in [5.74, 6) is 0.468. The van der Waals surface area contributed by atoms with Gasteiger partial charge in [0.1, 0.15) is 5.82 Å². The van der Waals surface area contributed by atoms with Gasteiger partial charge in [-0.2, -0.15) is 0 Å². The van der Waals surface area contributed by atoms with E-state index in [1.807, 2.05) is 0 Å². The van der Waals surface area contributed by atoms with Gasteiger partial charge in [-0.25, -0.2) is 4.39 Å². The summed E-state index contributed by atoms with van der Waals surface area (Å²) in [6, 6.07) is 4.63. The Hall–Kier alpha value is -0.600. The predicted octanol–water partition coefficient (Wildman–Crippen LogP) is 5.18. The molecule has 1 aliphatic rings. The lowest BCUT2D eigenvalue weighted by Gasteiger charge is -2.31. The fraction of sp³-hybridized carbons (Fsp3) is 0.647. The molecule has 0 bridgehead atoms. The summed E-state index contributed by atoms with van der Waals surface area (Å²) in [4.78, 5) is 0. The molecule has 0 amide bonds. The zero-order valence-corrected chi connectivity index (χ0v) is 13.3. The summed E-state index contributed by atoms with van der Waals surface area (Å²) in [5.41, 5.74) is 1.44. The van der Waals surface area contributed by atoms with Crippen LogP contribution < -0.4 is 5.32 Å². The number of benzene rings is 1. The van der Waals surface area contributed by atoms with Crippen molar-refractivity contribution in [2.45, 2.75) is 52.5 Å². The van der Waals surface area contributed by atoms with E-state index in [1.165, 1.54) is 44.2 Å². The highest BCUT2D eigenvalue weighted by Gasteiger charge is 2.33. The third kappa shape index (κ3) is 4.20. The average Bonchev–Trinajstić information content (AvgIpc) is 2.80. The quantitative estimate of drug-likeness (QED) is 0.763. The second kappa shape index (κ2) is 6.91. The second-order valence-corrected chi connectivity index (χ2v) is 7.05. The van der Waals surface area contributed by atoms with Crippen molar-refractivity contribution in [2.24, 2.45) is 11.3 Å². The fourth-order valence-corrected chi connectivity index (χ4v) is 3.81. The van der Waals surface area contributed by atoms with Gasteiger partial charge in [0.25, 0.3) is 0 Å². The van der Waals surface area contributed by atoms with Crippen LogP contribution in [0.15, 0.2) is 18.2 Å². The van der Waals surface area contributed by atoms with Crippen molar-refractivity contribution in [1.29, 1.82) is 0 Å². The first-order chi connectivity index (χ1) is 9.51. The SMILES string of the molecule is CC(C)CC1(CNCc2ccc(F)cc2Cl)CCCC1. The largest absolute Gasteiger partial charge is 0.312 e. The fourth-order valence-electron chi connectivity index (χ4n) is 3.57. The van der Waals surface area contributed by atoms with E-state index >= 15 is 0 Å². The molecule has 0 unspecified atom stereocenters. The van der Waals surface area contributed by atoms with Crippen LogP contribution >= 0.6 is 11.6 Å². The highest BCUT2D eigenvalue weighted by atomic mass is 35.5. The van der Waals surface area contributed by atoms with Crippen molar-refractivity contribution < 1.29 is 4.39 Å². The normalized spacial score (nSPS) is 17.9. The second-order valence-electron chi connectivity index (χ2n) is 6.64. The summed E-state index contributed by atoms with van der Waals surface area (Å²) in [6.45, 7) is 6.37. The Bertz CT molecular complexity index is 439. The van der Waals surface area contributed by atoms with Crippen molar-refractivity contribution >= 4 is 11.6 Å². The molecular formula is C17H25ClFN. The topological polar surface area (TPSA) is 12.0 Å². The Morgan fingerprint density at radius 1 is 1.30 bits per heavy atom. The summed E-state index contributed by atoms with van der Waals surface area (Å²) in [5, 5.41) is 4.06. The number of hydrogen-bond donors (Lipinski definition) is 1. The molecule has 0 heterocycles. The minimum Gasteiger partial charge on any atom is -0.312 e. The van der Waals surface area contributed by atoms with Crippen LogP contribution in [-0.4, -0.2) is 6.54 Å². The van der Waals surface area contributed by atoms with E-state index in [1.54, 1.807) is 6.07 Å². The lowest BCUT2D eigenvalue weighted by molar-refractivity contribution is 0.223. The summed E-state index contributed by atoms with van der Waals surface area (Å²) >= 11 is 6.06. The zero-order valence-electron chi connectivity index (χ0n) is 12.5. The number of halogens is 2. The maximum Gasteiger partial charge on any atom is 0.124 e. The summed E-state index contributed by atoms with van der Waals surface area (Å²) in [7, 11) is 0. The Balaban J connectivity index is 1.90. The van der Waals surface area contributed by atoms with Gasteiger partial charge in [-0.3, -0.25) is 0 Å². The number of rotatable bonds is 6. The van der Waals surface area contributed by atoms with Gasteiger partial charge >= 0.3 is 0 Å². The molecule has 0 aromatic heterocycles. The molecule has 3 heteroatoms. The number of nitrogens with one attached hydrogen (secondary N) is 1. The molecule has 0 atom stereocenters. The van der Waals surface area contributed by atoms with E-state index < -0.39 is 0 Å². The Labute approximate surface area is 126 Å². The van der Waals surface area contributed by atoms with E-state index in [0.717, 1.165) is 24.6 Å². The van der Waals surface area contributed by atoms with Crippen molar-refractivity contribution in [3.05, 3.63) is 34.6 Å². The minimum atomic E-state index is -0.272. The van der Waals surface area contributed by atoms with E-state index in [2.05, 4.69) is 19.2 Å². The van der Waals surface area contributed by atoms with Crippen LogP contribution in [-0.2, 0) is 6.54 Å². The van der Waals surface area contributed by atoms with Crippen LogP contribution in [0.5, 0.6) is 0 Å². The van der Waals surface area contributed by atoms with Gasteiger partial charge < -0.3 is 5.32 Å². The molecule has 0 spiro atoms. The summed E-state index contributed by atoms with van der Waals surface area (Å²) < 4.78 is 13.0. The monoisotopic (exact) mass is 297 g/mol. The van der Waals surface area contributed by atoms with Gasteiger partial charge in [0.2, 0.25) is 0 Å². The Morgan fingerprint density at radius 3 is 2.60 bits per heavy atom. The third-order valence-electron chi connectivity index (χ3n) is 4.34. The molecule has 1 N–H and O–H groups in total. The first-order valence-corrected chi connectivity index (χ1v) is 8.03. The van der Waals surface area contributed by atoms with E-state index in [9.17, 15) is 4.39 Å². The average molecular weight is 298 g/mol. The molecule has 1 aliphatic carbocycles. The van der Waals surface area contributed by atoms with Gasteiger partial charge in [-0.15, -0.1) is 0 Å². The number of hydrogen-bond acceptors (Lipinski definition) is 1. The van der Waals surface area contributed by atoms with Crippen molar-refractivity contribution in [1.82, 2.24) is 5.32 Å². The lowest BCUT2D eigenvalue weighted by Crippen LogP contribution is -2.33. The van der Waals surface area contributed by atoms with E-state index in [0.29, 0.717) is 10.4 Å². The molecule has 2 rings (SSSR count). The third-order valence-corrected chi connectivity index (χ3v) is 4.69. The van der Waals surface area contributed by atoms with Gasteiger partial charge in [0.05, 0.1) is 0 Å². The first kappa shape index (κ1) is 15.8. The smallest absolute Gasteiger partial charge is 0.124 e. The van der Waals surface area contributed by atoms with Gasteiger partial charge in [-0.05, 0) is 48.3 Å². The molecule has 0 saturated heterocycles. The van der Waals surface area contributed by atoms with Crippen LogP contribution in [0.3, 0.4) is 0 Å². The van der Waals surface area contributed by atoms with Crippen molar-refractivity contribution in [3.63, 3.8) is 0 Å². The highest BCUT2D eigenvalue weighted by Crippen LogP contribution is 2.42. The highest BCUT2D eigenvalue weighted by molar-refractivity contribution is 6.31. The zero-order chi connectivity index (χ0) is 14.6. The molecular weight excluding hydrogens is 273 g/mol. The summed E-state index contributed by atoms with van der Waals surface area (Å²) in [6.07, 6.45) is 6.65. The van der Waals surface area contributed by atoms with Crippen LogP contribution in [0.25, 0.3) is 0 Å². The van der Waals surface area contributed by atoms with E-state index in [4.69, 9.17) is 11.6 Å². The minimum absolute atomic E-state index is 0.272. The molecule has 1 aromatic carbocycles. The first-order valence-electron chi connectivity index (χ1n) is 7.65. The standard InChI is InChI=1S/C17H25ClFN/c1-13(2)10-17(7-3-4-8-17)12-20-11-14-5-6-15(19)9-16(14)18/h5-6,9,13,20H,3-4,7-8,10-12H2,1-2H3. The molecule has 0 radical (unpaired) electrons. The van der Waals surface area contributed by atoms with Crippen LogP contribution in [0.4, 0.5) is 4.39 Å².